The average Bonchev–Trinajstić information content (AvgIpc) is 2.83. The first kappa shape index (κ1) is 18.5. The molecule has 0 saturated carbocycles. The number of nitrogens with zero attached hydrogens (tertiary/aromatic N) is 4. The molecule has 140 valence electrons. The maximum absolute atomic E-state index is 12.5. The molecule has 0 aliphatic carbocycles. The summed E-state index contributed by atoms with van der Waals surface area (Å²) in [4.78, 5) is 17.3. The smallest absolute Gasteiger partial charge is 0.228 e. The number of carbonyl (C=O) groups is 1. The maximum Gasteiger partial charge on any atom is 0.228 e. The minimum absolute atomic E-state index is 0.000327. The van der Waals surface area contributed by atoms with Crippen molar-refractivity contribution < 1.29 is 4.79 Å². The van der Waals surface area contributed by atoms with Crippen LogP contribution in [0.5, 0.6) is 0 Å². The summed E-state index contributed by atoms with van der Waals surface area (Å²) in [5.74, 6) is -0.000327. The molecule has 6 nitrogen and oxygen atoms in total. The Kier molecular flexibility index (Phi) is 5.32. The number of piperazine rings is 1. The molecule has 1 aliphatic rings. The van der Waals surface area contributed by atoms with Crippen LogP contribution in [0.25, 0.3) is 0 Å². The third kappa shape index (κ3) is 3.90. The third-order valence-corrected chi connectivity index (χ3v) is 5.35. The fourth-order valence-corrected chi connectivity index (χ4v) is 3.48. The van der Waals surface area contributed by atoms with Crippen LogP contribution in [-0.2, 0) is 18.3 Å². The Labute approximate surface area is 155 Å². The maximum atomic E-state index is 12.5. The fourth-order valence-electron chi connectivity index (χ4n) is 3.48. The molecule has 1 saturated heterocycles. The molecule has 0 spiro atoms. The Morgan fingerprint density at radius 2 is 1.81 bits per heavy atom. The molecule has 6 heteroatoms. The third-order valence-electron chi connectivity index (χ3n) is 5.35. The monoisotopic (exact) mass is 355 g/mol. The molecule has 0 bridgehead atoms. The summed E-state index contributed by atoms with van der Waals surface area (Å²) in [5, 5.41) is 7.44. The summed E-state index contributed by atoms with van der Waals surface area (Å²) < 4.78 is 1.83. The lowest BCUT2D eigenvalue weighted by molar-refractivity contribution is -0.115. The van der Waals surface area contributed by atoms with Gasteiger partial charge in [0, 0.05) is 55.9 Å². The second kappa shape index (κ2) is 7.50. The van der Waals surface area contributed by atoms with Crippen molar-refractivity contribution in [2.75, 3.05) is 43.4 Å². The van der Waals surface area contributed by atoms with Gasteiger partial charge in [-0.2, -0.15) is 5.10 Å². The van der Waals surface area contributed by atoms with Crippen molar-refractivity contribution in [1.82, 2.24) is 14.7 Å². The van der Waals surface area contributed by atoms with Crippen molar-refractivity contribution in [3.63, 3.8) is 0 Å². The number of hydrogen-bond donors (Lipinski definition) is 1. The van der Waals surface area contributed by atoms with Gasteiger partial charge in [0.2, 0.25) is 5.91 Å². The predicted octanol–water partition coefficient (Wildman–Crippen LogP) is 2.28. The van der Waals surface area contributed by atoms with Gasteiger partial charge in [-0.15, -0.1) is 0 Å². The van der Waals surface area contributed by atoms with E-state index in [1.807, 2.05) is 31.6 Å². The van der Waals surface area contributed by atoms with Crippen LogP contribution in [0.15, 0.2) is 18.2 Å². The normalized spacial score (nSPS) is 15.3. The van der Waals surface area contributed by atoms with Crippen molar-refractivity contribution in [2.45, 2.75) is 27.2 Å². The first-order valence-corrected chi connectivity index (χ1v) is 9.18. The molecule has 0 radical (unpaired) electrons. The van der Waals surface area contributed by atoms with E-state index in [-0.39, 0.29) is 5.91 Å². The first-order valence-electron chi connectivity index (χ1n) is 9.18. The van der Waals surface area contributed by atoms with Crippen LogP contribution in [0.4, 0.5) is 11.4 Å². The van der Waals surface area contributed by atoms with Gasteiger partial charge in [-0.05, 0) is 51.6 Å². The quantitative estimate of drug-likeness (QED) is 0.914. The number of aromatic nitrogens is 2. The van der Waals surface area contributed by atoms with E-state index in [1.54, 1.807) is 0 Å². The summed E-state index contributed by atoms with van der Waals surface area (Å²) in [5.41, 5.74) is 6.17. The van der Waals surface area contributed by atoms with E-state index >= 15 is 0 Å². The SMILES string of the molecule is Cc1cc(N2CCN(C)CC2)ccc1NC(=O)Cc1c(C)nn(C)c1C. The largest absolute Gasteiger partial charge is 0.369 e. The average molecular weight is 355 g/mol. The van der Waals surface area contributed by atoms with Gasteiger partial charge < -0.3 is 15.1 Å². The molecule has 1 N–H and O–H groups in total. The van der Waals surface area contributed by atoms with Gasteiger partial charge in [-0.25, -0.2) is 0 Å². The van der Waals surface area contributed by atoms with E-state index in [0.29, 0.717) is 6.42 Å². The van der Waals surface area contributed by atoms with Crippen LogP contribution >= 0.6 is 0 Å². The highest BCUT2D eigenvalue weighted by Gasteiger charge is 2.16. The molecule has 1 fully saturated rings. The van der Waals surface area contributed by atoms with Gasteiger partial charge in [-0.1, -0.05) is 0 Å². The molecule has 3 rings (SSSR count). The van der Waals surface area contributed by atoms with Crippen molar-refractivity contribution in [3.8, 4) is 0 Å². The van der Waals surface area contributed by atoms with Crippen molar-refractivity contribution in [1.29, 1.82) is 0 Å². The van der Waals surface area contributed by atoms with E-state index < -0.39 is 0 Å². The molecular formula is C20H29N5O. The van der Waals surface area contributed by atoms with Gasteiger partial charge in [-0.3, -0.25) is 9.48 Å². The number of rotatable bonds is 4. The van der Waals surface area contributed by atoms with Crippen LogP contribution in [0, 0.1) is 20.8 Å². The van der Waals surface area contributed by atoms with Gasteiger partial charge >= 0.3 is 0 Å². The molecule has 1 aromatic carbocycles. The highest BCUT2D eigenvalue weighted by molar-refractivity contribution is 5.93. The van der Waals surface area contributed by atoms with Gasteiger partial charge in [0.25, 0.3) is 0 Å². The van der Waals surface area contributed by atoms with Gasteiger partial charge in [0.1, 0.15) is 0 Å². The van der Waals surface area contributed by atoms with Crippen molar-refractivity contribution >= 4 is 17.3 Å². The van der Waals surface area contributed by atoms with Gasteiger partial charge in [0.15, 0.2) is 0 Å². The fraction of sp³-hybridized carbons (Fsp3) is 0.500. The zero-order valence-corrected chi connectivity index (χ0v) is 16.5. The summed E-state index contributed by atoms with van der Waals surface area (Å²) >= 11 is 0. The molecule has 26 heavy (non-hydrogen) atoms. The highest BCUT2D eigenvalue weighted by Crippen LogP contribution is 2.24. The highest BCUT2D eigenvalue weighted by atomic mass is 16.1. The number of amides is 1. The van der Waals surface area contributed by atoms with E-state index in [1.165, 1.54) is 5.69 Å². The lowest BCUT2D eigenvalue weighted by Crippen LogP contribution is -2.44. The second-order valence-electron chi connectivity index (χ2n) is 7.29. The molecule has 0 unspecified atom stereocenters. The minimum Gasteiger partial charge on any atom is -0.369 e. The van der Waals surface area contributed by atoms with Crippen molar-refractivity contribution in [3.05, 3.63) is 40.7 Å². The van der Waals surface area contributed by atoms with Crippen LogP contribution < -0.4 is 10.2 Å². The number of hydrogen-bond acceptors (Lipinski definition) is 4. The molecule has 2 heterocycles. The molecular weight excluding hydrogens is 326 g/mol. The Hall–Kier alpha value is -2.34. The molecule has 0 atom stereocenters. The van der Waals surface area contributed by atoms with E-state index in [2.05, 4.69) is 46.3 Å². The number of carbonyl (C=O) groups excluding carboxylic acids is 1. The van der Waals surface area contributed by atoms with E-state index in [4.69, 9.17) is 0 Å². The summed E-state index contributed by atoms with van der Waals surface area (Å²) in [6.07, 6.45) is 0.352. The van der Waals surface area contributed by atoms with E-state index in [9.17, 15) is 4.79 Å². The van der Waals surface area contributed by atoms with Crippen LogP contribution in [0.2, 0.25) is 0 Å². The van der Waals surface area contributed by atoms with Gasteiger partial charge in [0.05, 0.1) is 12.1 Å². The lowest BCUT2D eigenvalue weighted by atomic mass is 10.1. The summed E-state index contributed by atoms with van der Waals surface area (Å²) in [6, 6.07) is 6.29. The Balaban J connectivity index is 1.67. The van der Waals surface area contributed by atoms with E-state index in [0.717, 1.165) is 54.4 Å². The molecule has 1 amide bonds. The van der Waals surface area contributed by atoms with Crippen LogP contribution in [0.1, 0.15) is 22.5 Å². The zero-order chi connectivity index (χ0) is 18.8. The Morgan fingerprint density at radius 1 is 1.12 bits per heavy atom. The lowest BCUT2D eigenvalue weighted by Gasteiger charge is -2.34. The van der Waals surface area contributed by atoms with Crippen LogP contribution in [-0.4, -0.2) is 53.8 Å². The number of anilines is 2. The number of benzene rings is 1. The second-order valence-corrected chi connectivity index (χ2v) is 7.29. The van der Waals surface area contributed by atoms with Crippen LogP contribution in [0.3, 0.4) is 0 Å². The summed E-state index contributed by atoms with van der Waals surface area (Å²) in [7, 11) is 4.07. The molecule has 2 aromatic rings. The molecule has 1 aromatic heterocycles. The Morgan fingerprint density at radius 3 is 2.38 bits per heavy atom. The predicted molar refractivity (Wildman–Crippen MR) is 106 cm³/mol. The number of likely N-dealkylation sites (N-methyl/N-ethyl adjacent to an activating group) is 1. The first-order chi connectivity index (χ1) is 12.3. The number of aryl methyl sites for hydroxylation is 3. The zero-order valence-electron chi connectivity index (χ0n) is 16.5. The number of nitrogens with one attached hydrogen (secondary N) is 1. The standard InChI is InChI=1S/C20H29N5O/c1-14-12-17(25-10-8-23(4)9-11-25)6-7-19(14)21-20(26)13-18-15(2)22-24(5)16(18)3/h6-7,12H,8-11,13H2,1-5H3,(H,21,26). The van der Waals surface area contributed by atoms with Crippen molar-refractivity contribution in [2.24, 2.45) is 7.05 Å². The topological polar surface area (TPSA) is 53.4 Å². The minimum atomic E-state index is -0.000327. The Bertz CT molecular complexity index is 803. The summed E-state index contributed by atoms with van der Waals surface area (Å²) in [6.45, 7) is 10.3. The molecule has 1 aliphatic heterocycles.